The molecule has 2 N–H and O–H groups in total. The Kier molecular flexibility index (Phi) is 4.92. The van der Waals surface area contributed by atoms with Gasteiger partial charge in [0.1, 0.15) is 12.1 Å². The highest BCUT2D eigenvalue weighted by molar-refractivity contribution is 9.10. The van der Waals surface area contributed by atoms with Crippen LogP contribution in [0, 0.1) is 0 Å². The summed E-state index contributed by atoms with van der Waals surface area (Å²) in [6, 6.07) is 7.36. The Morgan fingerprint density at radius 2 is 2.00 bits per heavy atom. The largest absolute Gasteiger partial charge is 0.496 e. The molecule has 0 aliphatic carbocycles. The monoisotopic (exact) mass is 337 g/mol. The third-order valence-electron chi connectivity index (χ3n) is 2.93. The van der Waals surface area contributed by atoms with Crippen LogP contribution in [-0.2, 0) is 6.42 Å². The van der Waals surface area contributed by atoms with E-state index >= 15 is 0 Å². The van der Waals surface area contributed by atoms with Gasteiger partial charge in [-0.3, -0.25) is 0 Å². The quantitative estimate of drug-likeness (QED) is 0.907. The minimum absolute atomic E-state index is 0.211. The van der Waals surface area contributed by atoms with Gasteiger partial charge in [0.25, 0.3) is 0 Å². The average Bonchev–Trinajstić information content (AvgIpc) is 2.47. The van der Waals surface area contributed by atoms with Crippen LogP contribution in [0.2, 0.25) is 0 Å². The Morgan fingerprint density at radius 1 is 1.20 bits per heavy atom. The molecule has 0 amide bonds. The molecule has 20 heavy (non-hydrogen) atoms. The Balaban J connectivity index is 2.21. The van der Waals surface area contributed by atoms with Gasteiger partial charge in [0.05, 0.1) is 14.2 Å². The lowest BCUT2D eigenvalue weighted by Crippen LogP contribution is -2.15. The molecule has 0 spiro atoms. The minimum Gasteiger partial charge on any atom is -0.496 e. The number of rotatable bonds is 5. The van der Waals surface area contributed by atoms with E-state index < -0.39 is 0 Å². The van der Waals surface area contributed by atoms with Crippen molar-refractivity contribution in [2.75, 3.05) is 14.2 Å². The summed E-state index contributed by atoms with van der Waals surface area (Å²) in [5.41, 5.74) is 8.01. The fourth-order valence-electron chi connectivity index (χ4n) is 1.93. The molecule has 1 atom stereocenters. The molecule has 2 aromatic rings. The third kappa shape index (κ3) is 3.46. The normalized spacial score (nSPS) is 12.0. The first-order chi connectivity index (χ1) is 9.63. The summed E-state index contributed by atoms with van der Waals surface area (Å²) in [5, 5.41) is 0. The molecular formula is C14H16BrN3O2. The number of aromatic nitrogens is 2. The van der Waals surface area contributed by atoms with E-state index in [-0.39, 0.29) is 6.04 Å². The number of nitrogens with two attached hydrogens (primary N) is 1. The van der Waals surface area contributed by atoms with Crippen LogP contribution in [0.25, 0.3) is 0 Å². The molecule has 5 nitrogen and oxygen atoms in total. The van der Waals surface area contributed by atoms with Gasteiger partial charge in [-0.1, -0.05) is 22.0 Å². The molecule has 1 heterocycles. The van der Waals surface area contributed by atoms with Crippen LogP contribution in [0.4, 0.5) is 0 Å². The Labute approximate surface area is 126 Å². The van der Waals surface area contributed by atoms with E-state index in [0.717, 1.165) is 21.5 Å². The molecule has 6 heteroatoms. The van der Waals surface area contributed by atoms with Crippen LogP contribution in [-0.4, -0.2) is 24.2 Å². The summed E-state index contributed by atoms with van der Waals surface area (Å²) in [6.45, 7) is 0. The topological polar surface area (TPSA) is 70.3 Å². The smallest absolute Gasteiger partial charge is 0.216 e. The van der Waals surface area contributed by atoms with Crippen molar-refractivity contribution < 1.29 is 9.47 Å². The van der Waals surface area contributed by atoms with E-state index in [1.54, 1.807) is 20.3 Å². The van der Waals surface area contributed by atoms with E-state index in [1.807, 2.05) is 18.2 Å². The second kappa shape index (κ2) is 6.67. The summed E-state index contributed by atoms with van der Waals surface area (Å²) >= 11 is 3.41. The Morgan fingerprint density at radius 3 is 2.70 bits per heavy atom. The average molecular weight is 338 g/mol. The van der Waals surface area contributed by atoms with Crippen LogP contribution in [0.3, 0.4) is 0 Å². The SMILES string of the molecule is COc1cc(CC(N)c2ccc(Br)cc2OC)ncn1. The van der Waals surface area contributed by atoms with Gasteiger partial charge in [0.2, 0.25) is 5.88 Å². The zero-order valence-electron chi connectivity index (χ0n) is 11.3. The van der Waals surface area contributed by atoms with Crippen molar-refractivity contribution in [2.45, 2.75) is 12.5 Å². The van der Waals surface area contributed by atoms with Crippen molar-refractivity contribution in [3.8, 4) is 11.6 Å². The van der Waals surface area contributed by atoms with Crippen LogP contribution in [0.15, 0.2) is 35.1 Å². The number of hydrogen-bond acceptors (Lipinski definition) is 5. The fraction of sp³-hybridized carbons (Fsp3) is 0.286. The van der Waals surface area contributed by atoms with Crippen LogP contribution in [0.5, 0.6) is 11.6 Å². The molecule has 0 saturated carbocycles. The summed E-state index contributed by atoms with van der Waals surface area (Å²) in [4.78, 5) is 8.18. The highest BCUT2D eigenvalue weighted by Gasteiger charge is 2.14. The van der Waals surface area contributed by atoms with Gasteiger partial charge < -0.3 is 15.2 Å². The lowest BCUT2D eigenvalue weighted by atomic mass is 10.0. The molecule has 0 saturated heterocycles. The van der Waals surface area contributed by atoms with E-state index in [4.69, 9.17) is 15.2 Å². The summed E-state index contributed by atoms with van der Waals surface area (Å²) in [7, 11) is 3.20. The second-order valence-corrected chi connectivity index (χ2v) is 5.16. The highest BCUT2D eigenvalue weighted by Crippen LogP contribution is 2.29. The molecule has 0 bridgehead atoms. The predicted octanol–water partition coefficient (Wildman–Crippen LogP) is 2.50. The Hall–Kier alpha value is -1.66. The zero-order valence-corrected chi connectivity index (χ0v) is 12.9. The standard InChI is InChI=1S/C14H16BrN3O2/c1-19-13-5-9(15)3-4-11(13)12(16)6-10-7-14(20-2)18-8-17-10/h3-5,7-8,12H,6,16H2,1-2H3. The number of halogens is 1. The van der Waals surface area contributed by atoms with Gasteiger partial charge in [-0.2, -0.15) is 0 Å². The van der Waals surface area contributed by atoms with Gasteiger partial charge in [0, 0.05) is 34.3 Å². The maximum atomic E-state index is 6.25. The Bertz CT molecular complexity index is 592. The predicted molar refractivity (Wildman–Crippen MR) is 79.9 cm³/mol. The van der Waals surface area contributed by atoms with Crippen LogP contribution in [0.1, 0.15) is 17.3 Å². The third-order valence-corrected chi connectivity index (χ3v) is 3.43. The maximum Gasteiger partial charge on any atom is 0.216 e. The van der Waals surface area contributed by atoms with Crippen molar-refractivity contribution in [3.05, 3.63) is 46.3 Å². The van der Waals surface area contributed by atoms with Crippen LogP contribution < -0.4 is 15.2 Å². The summed E-state index contributed by atoms with van der Waals surface area (Å²) in [5.74, 6) is 1.29. The molecular weight excluding hydrogens is 322 g/mol. The molecule has 2 rings (SSSR count). The second-order valence-electron chi connectivity index (χ2n) is 4.25. The fourth-order valence-corrected chi connectivity index (χ4v) is 2.27. The van der Waals surface area contributed by atoms with Crippen molar-refractivity contribution in [3.63, 3.8) is 0 Å². The van der Waals surface area contributed by atoms with E-state index in [0.29, 0.717) is 12.3 Å². The van der Waals surface area contributed by atoms with E-state index in [1.165, 1.54) is 6.33 Å². The van der Waals surface area contributed by atoms with Gasteiger partial charge in [-0.05, 0) is 12.1 Å². The number of methoxy groups -OCH3 is 2. The molecule has 106 valence electrons. The molecule has 1 aromatic carbocycles. The first kappa shape index (κ1) is 14.7. The van der Waals surface area contributed by atoms with E-state index in [2.05, 4.69) is 25.9 Å². The van der Waals surface area contributed by atoms with E-state index in [9.17, 15) is 0 Å². The molecule has 1 unspecified atom stereocenters. The van der Waals surface area contributed by atoms with Crippen LogP contribution >= 0.6 is 15.9 Å². The first-order valence-electron chi connectivity index (χ1n) is 6.08. The maximum absolute atomic E-state index is 6.25. The van der Waals surface area contributed by atoms with Gasteiger partial charge >= 0.3 is 0 Å². The molecule has 0 radical (unpaired) electrons. The lowest BCUT2D eigenvalue weighted by Gasteiger charge is -2.15. The molecule has 0 aliphatic rings. The lowest BCUT2D eigenvalue weighted by molar-refractivity contribution is 0.395. The zero-order chi connectivity index (χ0) is 14.5. The first-order valence-corrected chi connectivity index (χ1v) is 6.87. The number of benzene rings is 1. The number of nitrogens with zero attached hydrogens (tertiary/aromatic N) is 2. The number of ether oxygens (including phenoxy) is 2. The molecule has 1 aromatic heterocycles. The summed E-state index contributed by atoms with van der Waals surface area (Å²) in [6.07, 6.45) is 2.05. The van der Waals surface area contributed by atoms with Crippen molar-refractivity contribution >= 4 is 15.9 Å². The minimum atomic E-state index is -0.211. The molecule has 0 aliphatic heterocycles. The van der Waals surface area contributed by atoms with Gasteiger partial charge in [0.15, 0.2) is 0 Å². The van der Waals surface area contributed by atoms with Crippen molar-refractivity contribution in [2.24, 2.45) is 5.73 Å². The molecule has 0 fully saturated rings. The highest BCUT2D eigenvalue weighted by atomic mass is 79.9. The van der Waals surface area contributed by atoms with Crippen molar-refractivity contribution in [1.29, 1.82) is 0 Å². The number of hydrogen-bond donors (Lipinski definition) is 1. The van der Waals surface area contributed by atoms with Crippen molar-refractivity contribution in [1.82, 2.24) is 9.97 Å². The van der Waals surface area contributed by atoms with Gasteiger partial charge in [-0.15, -0.1) is 0 Å². The summed E-state index contributed by atoms with van der Waals surface area (Å²) < 4.78 is 11.4. The van der Waals surface area contributed by atoms with Gasteiger partial charge in [-0.25, -0.2) is 9.97 Å².